The Morgan fingerprint density at radius 3 is 2.70 bits per heavy atom. The molecule has 4 fully saturated rings. The van der Waals surface area contributed by atoms with Crippen LogP contribution < -0.4 is 5.32 Å². The quantitative estimate of drug-likeness (QED) is 0.460. The van der Waals surface area contributed by atoms with Gasteiger partial charge in [-0.05, 0) is 74.8 Å². The van der Waals surface area contributed by atoms with Gasteiger partial charge in [-0.2, -0.15) is 0 Å². The van der Waals surface area contributed by atoms with Gasteiger partial charge in [-0.25, -0.2) is 0 Å². The largest absolute Gasteiger partial charge is 0.351 e. The summed E-state index contributed by atoms with van der Waals surface area (Å²) in [6, 6.07) is 8.03. The molecule has 1 atom stereocenters. The number of carbonyl (C=O) groups excluding carboxylic acids is 1. The van der Waals surface area contributed by atoms with Crippen LogP contribution in [0.15, 0.2) is 29.3 Å². The van der Waals surface area contributed by atoms with Crippen molar-refractivity contribution < 1.29 is 4.79 Å². The maximum Gasteiger partial charge on any atom is 0.220 e. The number of rotatable bonds is 5. The number of carbonyl (C=O) groups is 1. The molecule has 1 N–H and O–H groups in total. The molecular weight excluding hydrogens is 502 g/mol. The third kappa shape index (κ3) is 3.10. The van der Waals surface area contributed by atoms with Gasteiger partial charge >= 0.3 is 0 Å². The first-order valence-corrected chi connectivity index (χ1v) is 14.8. The maximum atomic E-state index is 13.1. The minimum Gasteiger partial charge on any atom is -0.351 e. The van der Waals surface area contributed by atoms with Crippen LogP contribution in [0.3, 0.4) is 0 Å². The number of nitrogens with one attached hydrogen (secondary N) is 1. The van der Waals surface area contributed by atoms with Gasteiger partial charge < -0.3 is 5.32 Å². The number of fused-ring (bicyclic) bond motifs is 6. The Bertz CT molecular complexity index is 1510. The number of thiophene rings is 1. The third-order valence-electron chi connectivity index (χ3n) is 9.67. The summed E-state index contributed by atoms with van der Waals surface area (Å²) in [6.45, 7) is 4.31. The van der Waals surface area contributed by atoms with E-state index in [0.29, 0.717) is 17.8 Å². The molecule has 1 aliphatic heterocycles. The van der Waals surface area contributed by atoms with Gasteiger partial charge in [-0.3, -0.25) is 14.4 Å². The number of hydrogen-bond acceptors (Lipinski definition) is 5. The average molecular weight is 532 g/mol. The van der Waals surface area contributed by atoms with E-state index in [1.807, 2.05) is 36.5 Å². The molecule has 1 amide bonds. The molecule has 1 spiro atoms. The van der Waals surface area contributed by atoms with Gasteiger partial charge in [-0.1, -0.05) is 43.1 Å². The van der Waals surface area contributed by atoms with E-state index in [1.54, 1.807) is 0 Å². The van der Waals surface area contributed by atoms with Crippen LogP contribution in [0.25, 0.3) is 5.00 Å². The van der Waals surface area contributed by atoms with Crippen LogP contribution >= 0.6 is 22.9 Å². The summed E-state index contributed by atoms with van der Waals surface area (Å²) >= 11 is 8.59. The summed E-state index contributed by atoms with van der Waals surface area (Å²) in [6.07, 6.45) is 9.13. The first-order valence-electron chi connectivity index (χ1n) is 13.6. The Morgan fingerprint density at radius 2 is 1.97 bits per heavy atom. The third-order valence-corrected chi connectivity index (χ3v) is 11.2. The van der Waals surface area contributed by atoms with E-state index in [9.17, 15) is 4.79 Å². The Labute approximate surface area is 225 Å². The summed E-state index contributed by atoms with van der Waals surface area (Å²) < 4.78 is 2.24. The standard InChI is InChI=1S/C29H30ClN5OS/c1-3-27-13-28(14-27,15-27)31-22(36)12-17-10-19-21(11-17)37-25-23(19)24(18-6-4-5-7-20(18)30)32-29(8-9-29)26-34-33-16(2)35(25)26/h4-7,17H,3,8-15H2,1-2H3,(H,31,36)/t17-,27?,28?/m0/s1. The van der Waals surface area contributed by atoms with Crippen molar-refractivity contribution in [2.24, 2.45) is 16.3 Å². The monoisotopic (exact) mass is 531 g/mol. The molecule has 5 aliphatic carbocycles. The second-order valence-corrected chi connectivity index (χ2v) is 13.7. The van der Waals surface area contributed by atoms with Crippen LogP contribution in [0.5, 0.6) is 0 Å². The highest BCUT2D eigenvalue weighted by Gasteiger charge is 2.67. The van der Waals surface area contributed by atoms with E-state index < -0.39 is 0 Å². The number of hydrogen-bond donors (Lipinski definition) is 1. The molecule has 0 unspecified atom stereocenters. The fourth-order valence-corrected chi connectivity index (χ4v) is 9.41. The summed E-state index contributed by atoms with van der Waals surface area (Å²) in [5, 5.41) is 14.4. The van der Waals surface area contributed by atoms with E-state index >= 15 is 0 Å². The lowest BCUT2D eigenvalue weighted by molar-refractivity contribution is -0.167. The topological polar surface area (TPSA) is 72.2 Å². The lowest BCUT2D eigenvalue weighted by Gasteiger charge is -2.71. The normalized spacial score (nSPS) is 29.4. The van der Waals surface area contributed by atoms with E-state index in [4.69, 9.17) is 16.6 Å². The molecular formula is C29H30ClN5OS. The van der Waals surface area contributed by atoms with Crippen LogP contribution in [-0.2, 0) is 23.2 Å². The second kappa shape index (κ2) is 7.32. The SMILES string of the molecule is CCC12CC(NC(=O)C[C@@H]3Cc4sc5c(c4C3)C(c3ccccc3Cl)=NC3(CC3)c3nnc(C)n3-5)(C1)C2. The fourth-order valence-electron chi connectivity index (χ4n) is 7.69. The van der Waals surface area contributed by atoms with E-state index in [0.717, 1.165) is 58.6 Å². The molecule has 9 rings (SSSR count). The Kier molecular flexibility index (Phi) is 4.45. The van der Waals surface area contributed by atoms with Crippen molar-refractivity contribution in [3.05, 3.63) is 62.5 Å². The summed E-state index contributed by atoms with van der Waals surface area (Å²) in [5.74, 6) is 2.40. The summed E-state index contributed by atoms with van der Waals surface area (Å²) in [7, 11) is 0. The van der Waals surface area contributed by atoms with Gasteiger partial charge in [0.1, 0.15) is 16.4 Å². The number of aliphatic imine (C=N–C) groups is 1. The number of halogens is 1. The first-order chi connectivity index (χ1) is 17.8. The number of aryl methyl sites for hydroxylation is 1. The van der Waals surface area contributed by atoms with Crippen LogP contribution in [0, 0.1) is 18.3 Å². The van der Waals surface area contributed by atoms with Crippen molar-refractivity contribution in [2.75, 3.05) is 0 Å². The zero-order valence-corrected chi connectivity index (χ0v) is 22.8. The zero-order valence-electron chi connectivity index (χ0n) is 21.2. The average Bonchev–Trinajstić information content (AvgIpc) is 3.19. The molecule has 4 saturated carbocycles. The second-order valence-electron chi connectivity index (χ2n) is 12.3. The smallest absolute Gasteiger partial charge is 0.220 e. The molecule has 2 aromatic heterocycles. The Balaban J connectivity index is 1.15. The van der Waals surface area contributed by atoms with Gasteiger partial charge in [-0.15, -0.1) is 21.5 Å². The van der Waals surface area contributed by atoms with E-state index in [1.165, 1.54) is 41.7 Å². The van der Waals surface area contributed by atoms with Crippen molar-refractivity contribution in [1.82, 2.24) is 20.1 Å². The molecule has 6 aliphatic rings. The number of nitrogens with zero attached hydrogens (tertiary/aromatic N) is 4. The summed E-state index contributed by atoms with van der Waals surface area (Å²) in [5.41, 5.74) is 4.79. The minimum absolute atomic E-state index is 0.110. The predicted molar refractivity (Wildman–Crippen MR) is 145 cm³/mol. The highest BCUT2D eigenvalue weighted by atomic mass is 35.5. The van der Waals surface area contributed by atoms with E-state index in [2.05, 4.69) is 33.1 Å². The van der Waals surface area contributed by atoms with Crippen molar-refractivity contribution in [3.8, 4) is 5.00 Å². The first kappa shape index (κ1) is 22.5. The number of aromatic nitrogens is 3. The molecule has 8 heteroatoms. The molecule has 6 nitrogen and oxygen atoms in total. The molecule has 37 heavy (non-hydrogen) atoms. The molecule has 3 heterocycles. The van der Waals surface area contributed by atoms with Crippen LogP contribution in [0.4, 0.5) is 0 Å². The van der Waals surface area contributed by atoms with Crippen LogP contribution in [-0.4, -0.2) is 31.9 Å². The highest BCUT2D eigenvalue weighted by molar-refractivity contribution is 7.15. The van der Waals surface area contributed by atoms with Gasteiger partial charge in [0.25, 0.3) is 0 Å². The summed E-state index contributed by atoms with van der Waals surface area (Å²) in [4.78, 5) is 19.8. The van der Waals surface area contributed by atoms with Gasteiger partial charge in [0.05, 0.1) is 5.71 Å². The van der Waals surface area contributed by atoms with Crippen molar-refractivity contribution in [2.45, 2.75) is 82.7 Å². The molecule has 0 saturated heterocycles. The van der Waals surface area contributed by atoms with Crippen molar-refractivity contribution in [1.29, 1.82) is 0 Å². The molecule has 190 valence electrons. The highest BCUT2D eigenvalue weighted by Crippen LogP contribution is 2.68. The number of amides is 1. The van der Waals surface area contributed by atoms with Gasteiger partial charge in [0, 0.05) is 33.0 Å². The molecule has 1 aromatic carbocycles. The fraction of sp³-hybridized carbons (Fsp3) is 0.517. The Hall–Kier alpha value is -2.51. The van der Waals surface area contributed by atoms with Gasteiger partial charge in [0.2, 0.25) is 5.91 Å². The predicted octanol–water partition coefficient (Wildman–Crippen LogP) is 5.68. The maximum absolute atomic E-state index is 13.1. The lowest BCUT2D eigenvalue weighted by atomic mass is 9.38. The van der Waals surface area contributed by atoms with Gasteiger partial charge in [0.15, 0.2) is 5.82 Å². The molecule has 2 bridgehead atoms. The van der Waals surface area contributed by atoms with Crippen molar-refractivity contribution >= 4 is 34.6 Å². The number of benzene rings is 1. The zero-order chi connectivity index (χ0) is 25.2. The van der Waals surface area contributed by atoms with Crippen LogP contribution in [0.1, 0.15) is 85.1 Å². The van der Waals surface area contributed by atoms with Crippen molar-refractivity contribution in [3.63, 3.8) is 0 Å². The van der Waals surface area contributed by atoms with E-state index in [-0.39, 0.29) is 17.0 Å². The van der Waals surface area contributed by atoms with Crippen LogP contribution in [0.2, 0.25) is 5.02 Å². The molecule has 0 radical (unpaired) electrons. The minimum atomic E-state index is -0.322. The Morgan fingerprint density at radius 1 is 1.19 bits per heavy atom. The lowest BCUT2D eigenvalue weighted by Crippen LogP contribution is -2.74. The molecule has 3 aromatic rings.